The van der Waals surface area contributed by atoms with Gasteiger partial charge in [0, 0.05) is 10.5 Å². The minimum atomic E-state index is 0.0812. The summed E-state index contributed by atoms with van der Waals surface area (Å²) in [5, 5.41) is 12.5. The van der Waals surface area contributed by atoms with Crippen LogP contribution < -0.4 is 5.32 Å². The minimum absolute atomic E-state index is 0.0812. The van der Waals surface area contributed by atoms with Crippen LogP contribution in [-0.2, 0) is 0 Å². The van der Waals surface area contributed by atoms with E-state index < -0.39 is 0 Å². The third-order valence-electron chi connectivity index (χ3n) is 2.66. The van der Waals surface area contributed by atoms with Crippen LogP contribution in [0.5, 0.6) is 0 Å². The smallest absolute Gasteiger partial charge is 0.161 e. The molecule has 0 spiro atoms. The van der Waals surface area contributed by atoms with Crippen molar-refractivity contribution in [3.05, 3.63) is 57.2 Å². The van der Waals surface area contributed by atoms with Crippen LogP contribution in [0.3, 0.4) is 0 Å². The summed E-state index contributed by atoms with van der Waals surface area (Å²) >= 11 is 9.30. The SMILES string of the molecule is CC(Nc1ccc(Cl)c(C#N)n1)c1cccc(Br)c1. The predicted octanol–water partition coefficient (Wildman–Crippen LogP) is 4.54. The minimum Gasteiger partial charge on any atom is -0.364 e. The molecule has 0 aliphatic carbocycles. The molecule has 0 aliphatic rings. The lowest BCUT2D eigenvalue weighted by atomic mass is 10.1. The monoisotopic (exact) mass is 335 g/mol. The molecule has 19 heavy (non-hydrogen) atoms. The van der Waals surface area contributed by atoms with Gasteiger partial charge >= 0.3 is 0 Å². The van der Waals surface area contributed by atoms with Gasteiger partial charge in [-0.3, -0.25) is 0 Å². The molecule has 0 bridgehead atoms. The summed E-state index contributed by atoms with van der Waals surface area (Å²) in [5.41, 5.74) is 1.36. The van der Waals surface area contributed by atoms with Crippen LogP contribution in [0.4, 0.5) is 5.82 Å². The third-order valence-corrected chi connectivity index (χ3v) is 3.46. The molecule has 96 valence electrons. The van der Waals surface area contributed by atoms with Crippen LogP contribution in [0.25, 0.3) is 0 Å². The Labute approximate surface area is 125 Å². The van der Waals surface area contributed by atoms with E-state index in [2.05, 4.69) is 26.2 Å². The zero-order valence-electron chi connectivity index (χ0n) is 10.2. The fraction of sp³-hybridized carbons (Fsp3) is 0.143. The molecule has 0 saturated heterocycles. The van der Waals surface area contributed by atoms with E-state index in [0.717, 1.165) is 10.0 Å². The summed E-state index contributed by atoms with van der Waals surface area (Å²) in [6.07, 6.45) is 0. The maximum Gasteiger partial charge on any atom is 0.161 e. The van der Waals surface area contributed by atoms with Crippen LogP contribution >= 0.6 is 27.5 Å². The van der Waals surface area contributed by atoms with E-state index in [-0.39, 0.29) is 11.7 Å². The summed E-state index contributed by atoms with van der Waals surface area (Å²) in [7, 11) is 0. The van der Waals surface area contributed by atoms with Gasteiger partial charge in [0.2, 0.25) is 0 Å². The Balaban J connectivity index is 2.20. The molecule has 1 aromatic heterocycles. The number of aromatic nitrogens is 1. The van der Waals surface area contributed by atoms with Crippen molar-refractivity contribution in [1.29, 1.82) is 5.26 Å². The molecule has 1 heterocycles. The van der Waals surface area contributed by atoms with E-state index in [1.807, 2.05) is 37.3 Å². The zero-order valence-corrected chi connectivity index (χ0v) is 12.5. The molecule has 3 nitrogen and oxygen atoms in total. The van der Waals surface area contributed by atoms with Gasteiger partial charge in [-0.25, -0.2) is 4.98 Å². The van der Waals surface area contributed by atoms with Gasteiger partial charge in [-0.1, -0.05) is 39.7 Å². The van der Waals surface area contributed by atoms with Crippen molar-refractivity contribution in [2.24, 2.45) is 0 Å². The lowest BCUT2D eigenvalue weighted by Crippen LogP contribution is -2.08. The highest BCUT2D eigenvalue weighted by atomic mass is 79.9. The van der Waals surface area contributed by atoms with Gasteiger partial charge in [0.25, 0.3) is 0 Å². The van der Waals surface area contributed by atoms with E-state index in [1.54, 1.807) is 12.1 Å². The molecular weight excluding hydrogens is 326 g/mol. The molecule has 1 N–H and O–H groups in total. The van der Waals surface area contributed by atoms with Crippen molar-refractivity contribution in [3.63, 3.8) is 0 Å². The first kappa shape index (κ1) is 13.9. The fourth-order valence-corrected chi connectivity index (χ4v) is 2.25. The number of nitrogens with one attached hydrogen (secondary N) is 1. The second kappa shape index (κ2) is 6.05. The van der Waals surface area contributed by atoms with E-state index in [1.165, 1.54) is 0 Å². The molecule has 0 aliphatic heterocycles. The van der Waals surface area contributed by atoms with Crippen LogP contribution in [-0.4, -0.2) is 4.98 Å². The Morgan fingerprint density at radius 3 is 2.84 bits per heavy atom. The average molecular weight is 337 g/mol. The summed E-state index contributed by atoms with van der Waals surface area (Å²) in [6, 6.07) is 13.5. The Hall–Kier alpha value is -1.57. The number of rotatable bonds is 3. The van der Waals surface area contributed by atoms with Crippen molar-refractivity contribution in [2.45, 2.75) is 13.0 Å². The van der Waals surface area contributed by atoms with Gasteiger partial charge in [0.05, 0.1) is 5.02 Å². The van der Waals surface area contributed by atoms with Gasteiger partial charge in [0.1, 0.15) is 11.9 Å². The fourth-order valence-electron chi connectivity index (χ4n) is 1.68. The summed E-state index contributed by atoms with van der Waals surface area (Å²) in [6.45, 7) is 2.03. The number of nitrogens with zero attached hydrogens (tertiary/aromatic N) is 2. The first-order valence-corrected chi connectivity index (χ1v) is 6.86. The van der Waals surface area contributed by atoms with Crippen LogP contribution in [0.15, 0.2) is 40.9 Å². The number of hydrogen-bond donors (Lipinski definition) is 1. The van der Waals surface area contributed by atoms with Gasteiger partial charge in [-0.05, 0) is 36.8 Å². The van der Waals surface area contributed by atoms with Crippen LogP contribution in [0.2, 0.25) is 5.02 Å². The van der Waals surface area contributed by atoms with Crippen molar-refractivity contribution in [2.75, 3.05) is 5.32 Å². The van der Waals surface area contributed by atoms with Crippen LogP contribution in [0.1, 0.15) is 24.2 Å². The number of nitriles is 1. The second-order valence-electron chi connectivity index (χ2n) is 4.06. The molecule has 0 saturated carbocycles. The molecule has 0 radical (unpaired) electrons. The second-order valence-corrected chi connectivity index (χ2v) is 5.38. The number of benzene rings is 1. The summed E-state index contributed by atoms with van der Waals surface area (Å²) in [4.78, 5) is 4.16. The number of anilines is 1. The highest BCUT2D eigenvalue weighted by Gasteiger charge is 2.08. The zero-order chi connectivity index (χ0) is 13.8. The Morgan fingerprint density at radius 2 is 2.16 bits per heavy atom. The largest absolute Gasteiger partial charge is 0.364 e. The summed E-state index contributed by atoms with van der Waals surface area (Å²) < 4.78 is 1.03. The van der Waals surface area contributed by atoms with Crippen molar-refractivity contribution in [1.82, 2.24) is 4.98 Å². The van der Waals surface area contributed by atoms with Crippen LogP contribution in [0, 0.1) is 11.3 Å². The quantitative estimate of drug-likeness (QED) is 0.895. The highest BCUT2D eigenvalue weighted by molar-refractivity contribution is 9.10. The molecule has 2 rings (SSSR count). The standard InChI is InChI=1S/C14H11BrClN3/c1-9(10-3-2-4-11(15)7-10)18-14-6-5-12(16)13(8-17)19-14/h2-7,9H,1H3,(H,18,19). The first-order valence-electron chi connectivity index (χ1n) is 5.69. The average Bonchev–Trinajstić information content (AvgIpc) is 2.41. The molecular formula is C14H11BrClN3. The van der Waals surface area contributed by atoms with Gasteiger partial charge in [0.15, 0.2) is 5.69 Å². The van der Waals surface area contributed by atoms with E-state index in [9.17, 15) is 0 Å². The molecule has 2 aromatic rings. The van der Waals surface area contributed by atoms with Crippen molar-refractivity contribution >= 4 is 33.3 Å². The number of halogens is 2. The van der Waals surface area contributed by atoms with Gasteiger partial charge < -0.3 is 5.32 Å². The van der Waals surface area contributed by atoms with E-state index >= 15 is 0 Å². The van der Waals surface area contributed by atoms with Gasteiger partial charge in [-0.15, -0.1) is 0 Å². The maximum atomic E-state index is 8.90. The van der Waals surface area contributed by atoms with Crippen molar-refractivity contribution in [3.8, 4) is 6.07 Å². The summed E-state index contributed by atoms with van der Waals surface area (Å²) in [5.74, 6) is 0.633. The Kier molecular flexibility index (Phi) is 4.41. The third kappa shape index (κ3) is 3.46. The van der Waals surface area contributed by atoms with Crippen molar-refractivity contribution < 1.29 is 0 Å². The molecule has 0 amide bonds. The Morgan fingerprint density at radius 1 is 1.37 bits per heavy atom. The van der Waals surface area contributed by atoms with E-state index in [0.29, 0.717) is 10.8 Å². The number of hydrogen-bond acceptors (Lipinski definition) is 3. The topological polar surface area (TPSA) is 48.7 Å². The molecule has 1 atom stereocenters. The Bertz CT molecular complexity index is 637. The first-order chi connectivity index (χ1) is 9.10. The maximum absolute atomic E-state index is 8.90. The van der Waals surface area contributed by atoms with E-state index in [4.69, 9.17) is 16.9 Å². The molecule has 1 aromatic carbocycles. The lowest BCUT2D eigenvalue weighted by Gasteiger charge is -2.15. The highest BCUT2D eigenvalue weighted by Crippen LogP contribution is 2.22. The van der Waals surface area contributed by atoms with Gasteiger partial charge in [-0.2, -0.15) is 5.26 Å². The lowest BCUT2D eigenvalue weighted by molar-refractivity contribution is 0.873. The molecule has 0 fully saturated rings. The normalized spacial score (nSPS) is 11.7. The predicted molar refractivity (Wildman–Crippen MR) is 80.1 cm³/mol. The molecule has 5 heteroatoms. The number of pyridine rings is 1. The molecule has 1 unspecified atom stereocenters.